The molecule has 3 fully saturated rings. The molecule has 252 valence electrons. The van der Waals surface area contributed by atoms with Crippen molar-refractivity contribution in [1.82, 2.24) is 4.90 Å². The van der Waals surface area contributed by atoms with Crippen molar-refractivity contribution in [2.45, 2.75) is 28.5 Å². The Hall–Kier alpha value is -3.77. The van der Waals surface area contributed by atoms with Crippen molar-refractivity contribution in [3.8, 4) is 5.75 Å². The Morgan fingerprint density at radius 1 is 0.898 bits per heavy atom. The van der Waals surface area contributed by atoms with Gasteiger partial charge < -0.3 is 10.0 Å². The van der Waals surface area contributed by atoms with Crippen LogP contribution in [0.3, 0.4) is 0 Å². The molecule has 3 aromatic carbocycles. The number of anilines is 2. The molecule has 6 atom stereocenters. The molecule has 14 heteroatoms. The van der Waals surface area contributed by atoms with Gasteiger partial charge in [-0.2, -0.15) is 10.2 Å². The second-order valence-electron chi connectivity index (χ2n) is 12.8. The lowest BCUT2D eigenvalue weighted by atomic mass is 9.56. The largest absolute Gasteiger partial charge is 0.508 e. The van der Waals surface area contributed by atoms with Crippen molar-refractivity contribution in [2.24, 2.45) is 28.0 Å². The molecule has 6 unspecified atom stereocenters. The van der Waals surface area contributed by atoms with Gasteiger partial charge in [0.05, 0.1) is 34.4 Å². The zero-order valence-electron chi connectivity index (χ0n) is 26.2. The highest BCUT2D eigenvalue weighted by atomic mass is 79.9. The molecule has 0 spiro atoms. The Kier molecular flexibility index (Phi) is 8.41. The number of allylic oxidation sites excluding steroid dienone is 2. The maximum Gasteiger partial charge on any atom is 0.254 e. The number of imide groups is 2. The number of carbonyl (C=O) groups excluding carboxylic acids is 4. The molecule has 0 radical (unpaired) electrons. The van der Waals surface area contributed by atoms with Crippen LogP contribution < -0.4 is 9.80 Å². The monoisotopic (exact) mass is 783 g/mol. The molecule has 1 saturated carbocycles. The summed E-state index contributed by atoms with van der Waals surface area (Å²) in [5.74, 6) is -5.63. The lowest BCUT2D eigenvalue weighted by Gasteiger charge is -2.51. The van der Waals surface area contributed by atoms with Crippen molar-refractivity contribution >= 4 is 97.1 Å². The summed E-state index contributed by atoms with van der Waals surface area (Å²) in [7, 11) is 3.90. The van der Waals surface area contributed by atoms with Gasteiger partial charge in [0.2, 0.25) is 11.8 Å². The van der Waals surface area contributed by atoms with Crippen LogP contribution >= 0.6 is 50.7 Å². The lowest BCUT2D eigenvalue weighted by molar-refractivity contribution is -0.138. The van der Waals surface area contributed by atoms with Crippen LogP contribution in [0.2, 0.25) is 5.02 Å². The van der Waals surface area contributed by atoms with Crippen molar-refractivity contribution in [2.75, 3.05) is 29.3 Å². The molecule has 3 aromatic rings. The first-order chi connectivity index (χ1) is 23.3. The Balaban J connectivity index is 1.22. The highest BCUT2D eigenvalue weighted by molar-refractivity contribution is 9.09. The molecule has 2 aliphatic carbocycles. The Labute approximate surface area is 305 Å². The summed E-state index contributed by atoms with van der Waals surface area (Å²) in [6, 6.07) is 18.5. The van der Waals surface area contributed by atoms with Gasteiger partial charge in [-0.1, -0.05) is 45.2 Å². The topological polar surface area (TPSA) is 123 Å². The summed E-state index contributed by atoms with van der Waals surface area (Å²) in [4.78, 5) is 56.1. The zero-order valence-corrected chi connectivity index (χ0v) is 30.0. The maximum absolute atomic E-state index is 14.3. The number of hydrogen-bond donors (Lipinski definition) is 1. The number of alkyl halides is 3. The lowest BCUT2D eigenvalue weighted by Crippen LogP contribution is -2.60. The standard InChI is InChI=1S/C35H29BrCl3N5O5/c1-42(2)20-7-3-18(4-8-20)40-41-19-5-9-21(10-6-19)44-30(46)25-14-13-23-26(28(25)31(44)47)16-34(38)32(48)43(17-36)33(49)35(34,39)29(23)24-12-11-22(45)15-27(24)37/h3-13,15,25-26,28-29,45H,14,16-17H2,1-2H3. The number of likely N-dealkylation sites (tertiary alicyclic amines) is 1. The molecule has 2 heterocycles. The number of fused-ring (bicyclic) bond motifs is 4. The molecule has 4 amide bonds. The highest BCUT2D eigenvalue weighted by Crippen LogP contribution is 2.66. The first-order valence-electron chi connectivity index (χ1n) is 15.5. The summed E-state index contributed by atoms with van der Waals surface area (Å²) in [6.07, 6.45) is 1.89. The van der Waals surface area contributed by atoms with E-state index in [-0.39, 0.29) is 35.0 Å². The van der Waals surface area contributed by atoms with Gasteiger partial charge in [-0.05, 0) is 85.0 Å². The number of carbonyl (C=O) groups is 4. The van der Waals surface area contributed by atoms with Gasteiger partial charge in [0, 0.05) is 30.7 Å². The van der Waals surface area contributed by atoms with Crippen molar-refractivity contribution in [3.05, 3.63) is 89.0 Å². The molecule has 0 bridgehead atoms. The van der Waals surface area contributed by atoms with Gasteiger partial charge in [0.1, 0.15) is 5.75 Å². The predicted molar refractivity (Wildman–Crippen MR) is 190 cm³/mol. The molecular formula is C35H29BrCl3N5O5. The van der Waals surface area contributed by atoms with E-state index >= 15 is 0 Å². The first kappa shape index (κ1) is 33.7. The minimum atomic E-state index is -1.99. The number of phenolic OH excluding ortho intramolecular Hbond substituents is 1. The van der Waals surface area contributed by atoms with Crippen LogP contribution in [-0.4, -0.2) is 62.9 Å². The van der Waals surface area contributed by atoms with E-state index < -0.39 is 51.1 Å². The number of halogens is 4. The van der Waals surface area contributed by atoms with Gasteiger partial charge in [0.25, 0.3) is 11.8 Å². The van der Waals surface area contributed by atoms with E-state index in [1.807, 2.05) is 49.3 Å². The average molecular weight is 786 g/mol. The summed E-state index contributed by atoms with van der Waals surface area (Å²) >= 11 is 24.4. The highest BCUT2D eigenvalue weighted by Gasteiger charge is 2.76. The third-order valence-electron chi connectivity index (χ3n) is 10.1. The van der Waals surface area contributed by atoms with Crippen molar-refractivity contribution < 1.29 is 24.3 Å². The molecule has 10 nitrogen and oxygen atoms in total. The van der Waals surface area contributed by atoms with Gasteiger partial charge in [-0.3, -0.25) is 29.0 Å². The SMILES string of the molecule is CN(C)c1ccc(N=Nc2ccc(N3C(=O)C4CC=C5C(CC6(Cl)C(=O)N(CBr)C(=O)C6(Cl)C5c5ccc(O)cc5Cl)C4C3=O)cc2)cc1. The quantitative estimate of drug-likeness (QED) is 0.0912. The van der Waals surface area contributed by atoms with Crippen LogP contribution in [-0.2, 0) is 19.2 Å². The van der Waals surface area contributed by atoms with E-state index in [4.69, 9.17) is 34.8 Å². The number of rotatable bonds is 6. The summed E-state index contributed by atoms with van der Waals surface area (Å²) < 4.78 is 0. The van der Waals surface area contributed by atoms with Crippen LogP contribution in [0.1, 0.15) is 24.3 Å². The number of benzene rings is 3. The summed E-state index contributed by atoms with van der Waals surface area (Å²) in [5, 5.41) is 18.8. The number of azo groups is 1. The minimum absolute atomic E-state index is 0.103. The van der Waals surface area contributed by atoms with E-state index in [1.54, 1.807) is 30.3 Å². The fourth-order valence-corrected chi connectivity index (χ4v) is 9.41. The van der Waals surface area contributed by atoms with E-state index in [0.717, 1.165) is 10.6 Å². The third-order valence-corrected chi connectivity index (χ3v) is 12.3. The number of phenols is 1. The second kappa shape index (κ2) is 12.2. The number of amides is 4. The van der Waals surface area contributed by atoms with Gasteiger partial charge in [-0.25, -0.2) is 0 Å². The predicted octanol–water partition coefficient (Wildman–Crippen LogP) is 7.44. The first-order valence-corrected chi connectivity index (χ1v) is 17.7. The number of nitrogens with zero attached hydrogens (tertiary/aromatic N) is 5. The van der Waals surface area contributed by atoms with Gasteiger partial charge in [-0.15, -0.1) is 23.2 Å². The molecule has 2 saturated heterocycles. The molecule has 7 rings (SSSR count). The summed E-state index contributed by atoms with van der Waals surface area (Å²) in [5.41, 5.74) is 3.46. The van der Waals surface area contributed by atoms with Crippen LogP contribution in [0.15, 0.2) is 88.6 Å². The number of hydrogen-bond acceptors (Lipinski definition) is 8. The smallest absolute Gasteiger partial charge is 0.254 e. The Morgan fingerprint density at radius 3 is 2.12 bits per heavy atom. The average Bonchev–Trinajstić information content (AvgIpc) is 3.42. The van der Waals surface area contributed by atoms with E-state index in [2.05, 4.69) is 26.2 Å². The van der Waals surface area contributed by atoms with E-state index in [9.17, 15) is 24.3 Å². The maximum atomic E-state index is 14.3. The minimum Gasteiger partial charge on any atom is -0.508 e. The van der Waals surface area contributed by atoms with E-state index in [1.165, 1.54) is 17.0 Å². The second-order valence-corrected chi connectivity index (χ2v) is 15.0. The molecule has 2 aliphatic heterocycles. The molecular weight excluding hydrogens is 757 g/mol. The zero-order chi connectivity index (χ0) is 35.0. The fraction of sp³-hybridized carbons (Fsp3) is 0.314. The normalized spacial score (nSPS) is 29.3. The van der Waals surface area contributed by atoms with Crippen LogP contribution in [0.5, 0.6) is 5.75 Å². The number of aromatic hydroxyl groups is 1. The van der Waals surface area contributed by atoms with Crippen LogP contribution in [0.25, 0.3) is 0 Å². The molecule has 49 heavy (non-hydrogen) atoms. The molecule has 1 N–H and O–H groups in total. The third kappa shape index (κ3) is 5.03. The Bertz CT molecular complexity index is 1970. The van der Waals surface area contributed by atoms with Crippen molar-refractivity contribution in [3.63, 3.8) is 0 Å². The molecule has 0 aromatic heterocycles. The fourth-order valence-electron chi connectivity index (χ4n) is 7.70. The van der Waals surface area contributed by atoms with Crippen LogP contribution in [0.4, 0.5) is 22.7 Å². The van der Waals surface area contributed by atoms with Gasteiger partial charge in [0.15, 0.2) is 9.75 Å². The van der Waals surface area contributed by atoms with Crippen LogP contribution in [0, 0.1) is 17.8 Å². The summed E-state index contributed by atoms with van der Waals surface area (Å²) in [6.45, 7) is 0. The van der Waals surface area contributed by atoms with Gasteiger partial charge >= 0.3 is 0 Å². The van der Waals surface area contributed by atoms with E-state index in [0.29, 0.717) is 28.2 Å². The molecule has 4 aliphatic rings. The Morgan fingerprint density at radius 2 is 1.53 bits per heavy atom. The van der Waals surface area contributed by atoms with Crippen molar-refractivity contribution in [1.29, 1.82) is 0 Å².